The van der Waals surface area contributed by atoms with Crippen LogP contribution in [-0.2, 0) is 0 Å². The second kappa shape index (κ2) is 3.78. The summed E-state index contributed by atoms with van der Waals surface area (Å²) in [5, 5.41) is 8.34. The number of halogens is 1. The van der Waals surface area contributed by atoms with Gasteiger partial charge in [0.25, 0.3) is 0 Å². The van der Waals surface area contributed by atoms with E-state index in [1.54, 1.807) is 4.68 Å². The maximum atomic E-state index is 5.83. The molecule has 0 aliphatic heterocycles. The number of aromatic nitrogens is 5. The molecule has 3 aromatic rings. The van der Waals surface area contributed by atoms with Crippen LogP contribution in [0.25, 0.3) is 16.9 Å². The van der Waals surface area contributed by atoms with Crippen LogP contribution in [0, 0.1) is 6.92 Å². The molecule has 0 aliphatic rings. The molecule has 0 saturated heterocycles. The molecule has 0 atom stereocenters. The number of hydrogen-bond acceptors (Lipinski definition) is 4. The van der Waals surface area contributed by atoms with Crippen molar-refractivity contribution in [3.8, 4) is 5.82 Å². The van der Waals surface area contributed by atoms with Crippen molar-refractivity contribution in [3.05, 3.63) is 41.3 Å². The highest BCUT2D eigenvalue weighted by atomic mass is 35.5. The molecule has 0 amide bonds. The van der Waals surface area contributed by atoms with Crippen LogP contribution in [0.15, 0.2) is 30.3 Å². The summed E-state index contributed by atoms with van der Waals surface area (Å²) < 4.78 is 1.65. The minimum atomic E-state index is 0.208. The largest absolute Gasteiger partial charge is 0.224 e. The Balaban J connectivity index is 2.27. The summed E-state index contributed by atoms with van der Waals surface area (Å²) in [6, 6.07) is 9.49. The first-order valence-electron chi connectivity index (χ1n) is 5.06. The minimum Gasteiger partial charge on any atom is -0.223 e. The van der Waals surface area contributed by atoms with Gasteiger partial charge < -0.3 is 0 Å². The number of rotatable bonds is 1. The fourth-order valence-corrected chi connectivity index (χ4v) is 1.88. The standard InChI is InChI=1S/C11H8ClN5/c1-7-6-10(14-11(12)13-7)17-9-5-3-2-4-8(9)15-16-17/h2-6H,1H3. The lowest BCUT2D eigenvalue weighted by molar-refractivity contribution is 0.794. The van der Waals surface area contributed by atoms with E-state index in [1.165, 1.54) is 0 Å². The van der Waals surface area contributed by atoms with Crippen molar-refractivity contribution >= 4 is 22.6 Å². The van der Waals surface area contributed by atoms with Crippen LogP contribution < -0.4 is 0 Å². The van der Waals surface area contributed by atoms with Gasteiger partial charge in [0.1, 0.15) is 5.52 Å². The summed E-state index contributed by atoms with van der Waals surface area (Å²) in [6.07, 6.45) is 0. The molecule has 0 fully saturated rings. The van der Waals surface area contributed by atoms with Crippen LogP contribution in [0.1, 0.15) is 5.69 Å². The minimum absolute atomic E-state index is 0.208. The number of benzene rings is 1. The first-order chi connectivity index (χ1) is 8.24. The zero-order valence-electron chi connectivity index (χ0n) is 9.00. The second-order valence-corrected chi connectivity index (χ2v) is 3.96. The Bertz CT molecular complexity index is 671. The average Bonchev–Trinajstić information content (AvgIpc) is 2.71. The number of fused-ring (bicyclic) bond motifs is 1. The number of hydrogen-bond donors (Lipinski definition) is 0. The van der Waals surface area contributed by atoms with Crippen molar-refractivity contribution < 1.29 is 0 Å². The van der Waals surface area contributed by atoms with Gasteiger partial charge in [-0.15, -0.1) is 5.10 Å². The third kappa shape index (κ3) is 1.74. The Kier molecular flexibility index (Phi) is 2.26. The zero-order chi connectivity index (χ0) is 11.8. The molecule has 2 aromatic heterocycles. The molecule has 5 nitrogen and oxygen atoms in total. The van der Waals surface area contributed by atoms with Crippen molar-refractivity contribution in [2.24, 2.45) is 0 Å². The van der Waals surface area contributed by atoms with Gasteiger partial charge in [-0.05, 0) is 30.7 Å². The van der Waals surface area contributed by atoms with Gasteiger partial charge in [0, 0.05) is 11.8 Å². The highest BCUT2D eigenvalue weighted by Crippen LogP contribution is 2.15. The van der Waals surface area contributed by atoms with Crippen molar-refractivity contribution in [2.75, 3.05) is 0 Å². The molecular formula is C11H8ClN5. The molecule has 0 unspecified atom stereocenters. The van der Waals surface area contributed by atoms with Gasteiger partial charge in [-0.3, -0.25) is 0 Å². The lowest BCUT2D eigenvalue weighted by Crippen LogP contribution is -2.02. The smallest absolute Gasteiger partial charge is 0.223 e. The third-order valence-electron chi connectivity index (χ3n) is 2.38. The average molecular weight is 246 g/mol. The Morgan fingerprint density at radius 3 is 2.82 bits per heavy atom. The number of nitrogens with zero attached hydrogens (tertiary/aromatic N) is 5. The number of aryl methyl sites for hydroxylation is 1. The molecule has 0 saturated carbocycles. The van der Waals surface area contributed by atoms with Gasteiger partial charge in [-0.2, -0.15) is 9.67 Å². The molecule has 0 N–H and O–H groups in total. The van der Waals surface area contributed by atoms with E-state index in [0.29, 0.717) is 5.82 Å². The van der Waals surface area contributed by atoms with Gasteiger partial charge in [-0.1, -0.05) is 17.3 Å². The zero-order valence-corrected chi connectivity index (χ0v) is 9.76. The predicted octanol–water partition coefficient (Wildman–Crippen LogP) is 2.17. The molecule has 6 heteroatoms. The molecule has 0 bridgehead atoms. The quantitative estimate of drug-likeness (QED) is 0.617. The predicted molar refractivity (Wildman–Crippen MR) is 64.2 cm³/mol. The van der Waals surface area contributed by atoms with Crippen LogP contribution in [0.5, 0.6) is 0 Å². The first kappa shape index (κ1) is 10.2. The van der Waals surface area contributed by atoms with E-state index in [2.05, 4.69) is 20.3 Å². The van der Waals surface area contributed by atoms with E-state index in [4.69, 9.17) is 11.6 Å². The van der Waals surface area contributed by atoms with Gasteiger partial charge >= 0.3 is 0 Å². The first-order valence-corrected chi connectivity index (χ1v) is 5.44. The topological polar surface area (TPSA) is 56.5 Å². The van der Waals surface area contributed by atoms with Crippen molar-refractivity contribution in [3.63, 3.8) is 0 Å². The lowest BCUT2D eigenvalue weighted by atomic mass is 10.3. The molecule has 1 aromatic carbocycles. The fourth-order valence-electron chi connectivity index (χ4n) is 1.66. The summed E-state index contributed by atoms with van der Waals surface area (Å²) in [6.45, 7) is 1.86. The fraction of sp³-hybridized carbons (Fsp3) is 0.0909. The summed E-state index contributed by atoms with van der Waals surface area (Å²) >= 11 is 5.83. The van der Waals surface area contributed by atoms with Gasteiger partial charge in [0.15, 0.2) is 5.82 Å². The molecular weight excluding hydrogens is 238 g/mol. The van der Waals surface area contributed by atoms with Crippen LogP contribution in [0.2, 0.25) is 5.28 Å². The molecule has 17 heavy (non-hydrogen) atoms. The Morgan fingerprint density at radius 2 is 2.00 bits per heavy atom. The third-order valence-corrected chi connectivity index (χ3v) is 2.55. The SMILES string of the molecule is Cc1cc(-n2nnc3ccccc32)nc(Cl)n1. The van der Waals surface area contributed by atoms with E-state index >= 15 is 0 Å². The van der Waals surface area contributed by atoms with Gasteiger partial charge in [0.2, 0.25) is 5.28 Å². The summed E-state index contributed by atoms with van der Waals surface area (Å²) in [5.74, 6) is 0.621. The molecule has 0 radical (unpaired) electrons. The van der Waals surface area contributed by atoms with E-state index in [-0.39, 0.29) is 5.28 Å². The molecule has 0 aliphatic carbocycles. The molecule has 0 spiro atoms. The molecule has 2 heterocycles. The van der Waals surface area contributed by atoms with Crippen LogP contribution in [0.3, 0.4) is 0 Å². The van der Waals surface area contributed by atoms with Crippen LogP contribution in [-0.4, -0.2) is 25.0 Å². The van der Waals surface area contributed by atoms with E-state index < -0.39 is 0 Å². The second-order valence-electron chi connectivity index (χ2n) is 3.63. The highest BCUT2D eigenvalue weighted by molar-refractivity contribution is 6.28. The maximum Gasteiger partial charge on any atom is 0.224 e. The summed E-state index contributed by atoms with van der Waals surface area (Å²) in [5.41, 5.74) is 2.50. The van der Waals surface area contributed by atoms with Crippen molar-refractivity contribution in [1.82, 2.24) is 25.0 Å². The summed E-state index contributed by atoms with van der Waals surface area (Å²) in [7, 11) is 0. The van der Waals surface area contributed by atoms with E-state index in [9.17, 15) is 0 Å². The van der Waals surface area contributed by atoms with Crippen LogP contribution in [0.4, 0.5) is 0 Å². The molecule has 3 rings (SSSR count). The Hall–Kier alpha value is -2.01. The van der Waals surface area contributed by atoms with Gasteiger partial charge in [0.05, 0.1) is 5.52 Å². The van der Waals surface area contributed by atoms with E-state index in [1.807, 2.05) is 37.3 Å². The maximum absolute atomic E-state index is 5.83. The van der Waals surface area contributed by atoms with Crippen molar-refractivity contribution in [2.45, 2.75) is 6.92 Å². The summed E-state index contributed by atoms with van der Waals surface area (Å²) in [4.78, 5) is 8.16. The normalized spacial score (nSPS) is 10.9. The monoisotopic (exact) mass is 245 g/mol. The number of para-hydroxylation sites is 1. The molecule has 84 valence electrons. The Labute approximate surface area is 102 Å². The van der Waals surface area contributed by atoms with Crippen molar-refractivity contribution in [1.29, 1.82) is 0 Å². The van der Waals surface area contributed by atoms with Crippen LogP contribution >= 0.6 is 11.6 Å². The van der Waals surface area contributed by atoms with Gasteiger partial charge in [-0.25, -0.2) is 4.98 Å². The highest BCUT2D eigenvalue weighted by Gasteiger charge is 2.08. The van der Waals surface area contributed by atoms with E-state index in [0.717, 1.165) is 16.7 Å². The lowest BCUT2D eigenvalue weighted by Gasteiger charge is -2.02. The Morgan fingerprint density at radius 1 is 1.18 bits per heavy atom.